The molecule has 0 aromatic heterocycles. The van der Waals surface area contributed by atoms with Gasteiger partial charge < -0.3 is 0 Å². The van der Waals surface area contributed by atoms with E-state index in [0.29, 0.717) is 0 Å². The van der Waals surface area contributed by atoms with Crippen LogP contribution in [0.3, 0.4) is 0 Å². The molecule has 15 heavy (non-hydrogen) atoms. The largest absolute Gasteiger partial charge is 0.288 e. The monoisotopic (exact) mass is 197 g/mol. The number of hydrogen-bond acceptors (Lipinski definition) is 1. The summed E-state index contributed by atoms with van der Waals surface area (Å²) in [4.78, 5) is 2.36. The van der Waals surface area contributed by atoms with E-state index in [2.05, 4.69) is 28.9 Å². The van der Waals surface area contributed by atoms with Gasteiger partial charge in [0.1, 0.15) is 0 Å². The molecule has 0 atom stereocenters. The lowest BCUT2D eigenvalue weighted by atomic mass is 10.2. The van der Waals surface area contributed by atoms with Crippen molar-refractivity contribution in [3.8, 4) is 11.8 Å². The first-order valence-electron chi connectivity index (χ1n) is 5.36. The van der Waals surface area contributed by atoms with E-state index in [-0.39, 0.29) is 0 Å². The van der Waals surface area contributed by atoms with Gasteiger partial charge in [-0.25, -0.2) is 0 Å². The third-order valence-electron chi connectivity index (χ3n) is 2.45. The molecule has 1 heterocycles. The summed E-state index contributed by atoms with van der Waals surface area (Å²) in [6, 6.07) is 10.1. The highest BCUT2D eigenvalue weighted by Gasteiger charge is 2.02. The van der Waals surface area contributed by atoms with Gasteiger partial charge in [-0.1, -0.05) is 42.2 Å². The maximum absolute atomic E-state index is 3.21. The highest BCUT2D eigenvalue weighted by Crippen LogP contribution is 2.00. The van der Waals surface area contributed by atoms with Crippen LogP contribution in [-0.2, 0) is 0 Å². The van der Waals surface area contributed by atoms with Crippen LogP contribution >= 0.6 is 0 Å². The number of hydrogen-bond donors (Lipinski definition) is 0. The van der Waals surface area contributed by atoms with Crippen molar-refractivity contribution < 1.29 is 0 Å². The van der Waals surface area contributed by atoms with Crippen molar-refractivity contribution in [2.75, 3.05) is 19.6 Å². The zero-order chi connectivity index (χ0) is 10.3. The summed E-state index contributed by atoms with van der Waals surface area (Å²) in [6.07, 6.45) is 5.61. The van der Waals surface area contributed by atoms with E-state index in [1.165, 1.54) is 0 Å². The van der Waals surface area contributed by atoms with Crippen molar-refractivity contribution in [2.45, 2.75) is 6.42 Å². The van der Waals surface area contributed by atoms with E-state index in [0.717, 1.165) is 31.6 Å². The summed E-state index contributed by atoms with van der Waals surface area (Å²) < 4.78 is 0. The Hall–Kier alpha value is -1.52. The van der Waals surface area contributed by atoms with Gasteiger partial charge in [0.15, 0.2) is 0 Å². The molecule has 76 valence electrons. The zero-order valence-corrected chi connectivity index (χ0v) is 8.82. The second kappa shape index (κ2) is 5.38. The second-order valence-electron chi connectivity index (χ2n) is 3.66. The second-order valence-corrected chi connectivity index (χ2v) is 3.66. The highest BCUT2D eigenvalue weighted by molar-refractivity contribution is 5.33. The molecule has 1 aromatic rings. The lowest BCUT2D eigenvalue weighted by Crippen LogP contribution is -2.27. The Morgan fingerprint density at radius 1 is 1.13 bits per heavy atom. The summed E-state index contributed by atoms with van der Waals surface area (Å²) in [7, 11) is 0. The summed E-state index contributed by atoms with van der Waals surface area (Å²) in [6.45, 7) is 3.06. The van der Waals surface area contributed by atoms with Crippen molar-refractivity contribution in [3.05, 3.63) is 48.0 Å². The van der Waals surface area contributed by atoms with E-state index < -0.39 is 0 Å². The van der Waals surface area contributed by atoms with Gasteiger partial charge in [-0.15, -0.1) is 0 Å². The van der Waals surface area contributed by atoms with Crippen LogP contribution in [0, 0.1) is 11.8 Å². The van der Waals surface area contributed by atoms with Gasteiger partial charge >= 0.3 is 0 Å². The quantitative estimate of drug-likeness (QED) is 0.493. The Kier molecular flexibility index (Phi) is 3.59. The fourth-order valence-electron chi connectivity index (χ4n) is 1.61. The van der Waals surface area contributed by atoms with Crippen LogP contribution in [0.2, 0.25) is 0 Å². The van der Waals surface area contributed by atoms with Crippen LogP contribution in [0.25, 0.3) is 0 Å². The predicted molar refractivity (Wildman–Crippen MR) is 63.5 cm³/mol. The van der Waals surface area contributed by atoms with E-state index in [1.54, 1.807) is 0 Å². The molecule has 0 bridgehead atoms. The van der Waals surface area contributed by atoms with Crippen LogP contribution < -0.4 is 0 Å². The minimum Gasteiger partial charge on any atom is -0.288 e. The smallest absolute Gasteiger partial charge is 0.0608 e. The minimum absolute atomic E-state index is 0.874. The summed E-state index contributed by atoms with van der Waals surface area (Å²) in [5.74, 6) is 6.39. The van der Waals surface area contributed by atoms with Crippen molar-refractivity contribution >= 4 is 0 Å². The molecule has 1 nitrogen and oxygen atoms in total. The molecule has 0 saturated carbocycles. The van der Waals surface area contributed by atoms with Crippen LogP contribution in [0.1, 0.15) is 12.0 Å². The third kappa shape index (κ3) is 3.27. The third-order valence-corrected chi connectivity index (χ3v) is 2.45. The number of nitrogens with zero attached hydrogens (tertiary/aromatic N) is 1. The normalized spacial score (nSPS) is 15.7. The Bertz CT molecular complexity index is 381. The summed E-state index contributed by atoms with van der Waals surface area (Å²) in [5.41, 5.74) is 1.10. The van der Waals surface area contributed by atoms with E-state index in [9.17, 15) is 0 Å². The lowest BCUT2D eigenvalue weighted by Gasteiger charge is -2.19. The van der Waals surface area contributed by atoms with E-state index in [4.69, 9.17) is 0 Å². The topological polar surface area (TPSA) is 3.24 Å². The van der Waals surface area contributed by atoms with Crippen molar-refractivity contribution in [2.24, 2.45) is 0 Å². The molecule has 1 aliphatic heterocycles. The molecular weight excluding hydrogens is 182 g/mol. The first-order valence-corrected chi connectivity index (χ1v) is 5.36. The summed E-state index contributed by atoms with van der Waals surface area (Å²) >= 11 is 0. The Balaban J connectivity index is 1.87. The van der Waals surface area contributed by atoms with Gasteiger partial charge in [-0.05, 0) is 18.6 Å². The molecule has 0 unspecified atom stereocenters. The molecule has 1 heteroatoms. The zero-order valence-electron chi connectivity index (χ0n) is 8.82. The molecular formula is C14H15N. The van der Waals surface area contributed by atoms with Crippen molar-refractivity contribution in [1.82, 2.24) is 4.90 Å². The van der Waals surface area contributed by atoms with Crippen LogP contribution in [-0.4, -0.2) is 24.5 Å². The van der Waals surface area contributed by atoms with Gasteiger partial charge in [-0.2, -0.15) is 0 Å². The molecule has 1 aliphatic rings. The molecule has 0 fully saturated rings. The Morgan fingerprint density at radius 2 is 2.00 bits per heavy atom. The van der Waals surface area contributed by atoms with Gasteiger partial charge in [0.2, 0.25) is 0 Å². The SMILES string of the molecule is C(#Cc1ccccc1)CN1CC=CCC1. The fourth-order valence-corrected chi connectivity index (χ4v) is 1.61. The molecule has 1 aromatic carbocycles. The predicted octanol–water partition coefficient (Wildman–Crippen LogP) is 2.30. The average Bonchev–Trinajstić information content (AvgIpc) is 2.32. The standard InChI is InChI=1S/C14H15N/c1-3-8-14(9-4-1)10-7-13-15-11-5-2-6-12-15/h1-5,8-9H,6,11-13H2. The Morgan fingerprint density at radius 3 is 2.73 bits per heavy atom. The number of benzene rings is 1. The molecule has 0 spiro atoms. The van der Waals surface area contributed by atoms with Gasteiger partial charge in [0, 0.05) is 18.7 Å². The van der Waals surface area contributed by atoms with Crippen LogP contribution in [0.5, 0.6) is 0 Å². The molecule has 0 saturated heterocycles. The molecule has 0 amide bonds. The van der Waals surface area contributed by atoms with Gasteiger partial charge in [0.25, 0.3) is 0 Å². The lowest BCUT2D eigenvalue weighted by molar-refractivity contribution is 0.336. The fraction of sp³-hybridized carbons (Fsp3) is 0.286. The number of rotatable bonds is 1. The van der Waals surface area contributed by atoms with Gasteiger partial charge in [0.05, 0.1) is 6.54 Å². The molecule has 2 rings (SSSR count). The first kappa shape index (κ1) is 10.0. The van der Waals surface area contributed by atoms with Crippen LogP contribution in [0.15, 0.2) is 42.5 Å². The van der Waals surface area contributed by atoms with Crippen molar-refractivity contribution in [3.63, 3.8) is 0 Å². The van der Waals surface area contributed by atoms with E-state index >= 15 is 0 Å². The molecule has 0 radical (unpaired) electrons. The summed E-state index contributed by atoms with van der Waals surface area (Å²) in [5, 5.41) is 0. The highest BCUT2D eigenvalue weighted by atomic mass is 15.1. The average molecular weight is 197 g/mol. The van der Waals surface area contributed by atoms with Crippen molar-refractivity contribution in [1.29, 1.82) is 0 Å². The molecule has 0 N–H and O–H groups in total. The maximum atomic E-state index is 3.21. The van der Waals surface area contributed by atoms with Crippen LogP contribution in [0.4, 0.5) is 0 Å². The first-order chi connectivity index (χ1) is 7.45. The van der Waals surface area contributed by atoms with E-state index in [1.807, 2.05) is 30.3 Å². The Labute approximate surface area is 91.4 Å². The minimum atomic E-state index is 0.874. The molecule has 0 aliphatic carbocycles. The van der Waals surface area contributed by atoms with Gasteiger partial charge in [-0.3, -0.25) is 4.90 Å². The maximum Gasteiger partial charge on any atom is 0.0608 e.